The highest BCUT2D eigenvalue weighted by molar-refractivity contribution is 6.05. The second-order valence-electron chi connectivity index (χ2n) is 8.85. The van der Waals surface area contributed by atoms with Crippen molar-refractivity contribution in [2.75, 3.05) is 13.1 Å². The monoisotopic (exact) mass is 382 g/mol. The van der Waals surface area contributed by atoms with E-state index in [1.165, 1.54) is 12.0 Å². The average molecular weight is 382 g/mol. The fraction of sp³-hybridized carbons (Fsp3) is 0.571. The van der Waals surface area contributed by atoms with Gasteiger partial charge < -0.3 is 10.6 Å². The highest BCUT2D eigenvalue weighted by atomic mass is 16.2. The molecule has 4 aliphatic rings. The number of amides is 3. The highest BCUT2D eigenvalue weighted by Crippen LogP contribution is 2.36. The van der Waals surface area contributed by atoms with E-state index >= 15 is 0 Å². The lowest BCUT2D eigenvalue weighted by atomic mass is 9.97. The number of hydrogen-bond donors (Lipinski definition) is 2. The fourth-order valence-electron chi connectivity index (χ4n) is 5.52. The molecule has 4 atom stereocenters. The summed E-state index contributed by atoms with van der Waals surface area (Å²) < 4.78 is 0. The van der Waals surface area contributed by atoms with Crippen molar-refractivity contribution in [1.82, 2.24) is 15.1 Å². The maximum Gasteiger partial charge on any atom is 0.255 e. The van der Waals surface area contributed by atoms with Crippen LogP contribution in [-0.2, 0) is 22.7 Å². The topological polar surface area (TPSA) is 95.7 Å². The number of benzene rings is 1. The number of hydrogen-bond acceptors (Lipinski definition) is 5. The Morgan fingerprint density at radius 3 is 2.79 bits per heavy atom. The summed E-state index contributed by atoms with van der Waals surface area (Å²) >= 11 is 0. The van der Waals surface area contributed by atoms with Gasteiger partial charge in [-0.3, -0.25) is 24.6 Å². The summed E-state index contributed by atoms with van der Waals surface area (Å²) in [5.74, 6) is 0.587. The molecule has 7 nitrogen and oxygen atoms in total. The lowest BCUT2D eigenvalue weighted by Gasteiger charge is -2.32. The SMILES string of the molecule is NC1CC2CC1CN(Cc1ccc3c(c1)CN(C1CCC(=O)NC1=O)C3=O)C2. The number of nitrogens with zero attached hydrogens (tertiary/aromatic N) is 2. The largest absolute Gasteiger partial charge is 0.327 e. The minimum absolute atomic E-state index is 0.113. The molecule has 1 aliphatic carbocycles. The van der Waals surface area contributed by atoms with Crippen LogP contribution in [0.3, 0.4) is 0 Å². The number of carbonyl (C=O) groups is 3. The van der Waals surface area contributed by atoms with Gasteiger partial charge in [0.15, 0.2) is 0 Å². The first-order valence-electron chi connectivity index (χ1n) is 10.2. The predicted molar refractivity (Wildman–Crippen MR) is 102 cm³/mol. The Kier molecular flexibility index (Phi) is 4.25. The number of nitrogens with two attached hydrogens (primary N) is 1. The lowest BCUT2D eigenvalue weighted by molar-refractivity contribution is -0.136. The third-order valence-corrected chi connectivity index (χ3v) is 6.85. The minimum Gasteiger partial charge on any atom is -0.327 e. The molecule has 0 spiro atoms. The van der Waals surface area contributed by atoms with Gasteiger partial charge in [-0.2, -0.15) is 0 Å². The molecule has 2 saturated heterocycles. The van der Waals surface area contributed by atoms with E-state index < -0.39 is 6.04 Å². The zero-order chi connectivity index (χ0) is 19.4. The molecule has 7 heteroatoms. The molecule has 3 amide bonds. The number of rotatable bonds is 3. The summed E-state index contributed by atoms with van der Waals surface area (Å²) in [4.78, 5) is 40.4. The summed E-state index contributed by atoms with van der Waals surface area (Å²) in [6, 6.07) is 5.81. The first kappa shape index (κ1) is 17.8. The zero-order valence-electron chi connectivity index (χ0n) is 15.9. The van der Waals surface area contributed by atoms with Gasteiger partial charge in [-0.05, 0) is 48.3 Å². The minimum atomic E-state index is -0.555. The van der Waals surface area contributed by atoms with Crippen LogP contribution in [-0.4, -0.2) is 52.7 Å². The third kappa shape index (κ3) is 3.02. The van der Waals surface area contributed by atoms with Crippen LogP contribution in [0.2, 0.25) is 0 Å². The van der Waals surface area contributed by atoms with Crippen molar-refractivity contribution in [1.29, 1.82) is 0 Å². The van der Waals surface area contributed by atoms with Crippen molar-refractivity contribution in [3.05, 3.63) is 34.9 Å². The Hall–Kier alpha value is -2.25. The van der Waals surface area contributed by atoms with E-state index in [0.717, 1.165) is 31.6 Å². The molecule has 1 aromatic carbocycles. The van der Waals surface area contributed by atoms with Crippen molar-refractivity contribution in [3.63, 3.8) is 0 Å². The van der Waals surface area contributed by atoms with E-state index in [4.69, 9.17) is 5.73 Å². The van der Waals surface area contributed by atoms with E-state index in [9.17, 15) is 14.4 Å². The van der Waals surface area contributed by atoms with Crippen LogP contribution in [0.4, 0.5) is 0 Å². The first-order valence-corrected chi connectivity index (χ1v) is 10.2. The van der Waals surface area contributed by atoms with Crippen LogP contribution in [0.5, 0.6) is 0 Å². The average Bonchev–Trinajstić information content (AvgIpc) is 3.10. The number of fused-ring (bicyclic) bond motifs is 3. The molecule has 4 unspecified atom stereocenters. The zero-order valence-corrected chi connectivity index (χ0v) is 15.9. The second kappa shape index (κ2) is 6.67. The highest BCUT2D eigenvalue weighted by Gasteiger charge is 2.40. The van der Waals surface area contributed by atoms with Gasteiger partial charge in [-0.25, -0.2) is 0 Å². The van der Waals surface area contributed by atoms with Crippen LogP contribution < -0.4 is 11.1 Å². The predicted octanol–water partition coefficient (Wildman–Crippen LogP) is 0.617. The number of piperidine rings is 2. The van der Waals surface area contributed by atoms with Gasteiger partial charge in [0, 0.05) is 44.2 Å². The molecule has 3 fully saturated rings. The molecular weight excluding hydrogens is 356 g/mol. The summed E-state index contributed by atoms with van der Waals surface area (Å²) in [5.41, 5.74) is 9.10. The van der Waals surface area contributed by atoms with Gasteiger partial charge >= 0.3 is 0 Å². The lowest BCUT2D eigenvalue weighted by Crippen LogP contribution is -2.52. The van der Waals surface area contributed by atoms with Crippen LogP contribution in [0.25, 0.3) is 0 Å². The Bertz CT molecular complexity index is 852. The van der Waals surface area contributed by atoms with E-state index in [0.29, 0.717) is 36.4 Å². The summed E-state index contributed by atoms with van der Waals surface area (Å²) in [7, 11) is 0. The van der Waals surface area contributed by atoms with E-state index in [-0.39, 0.29) is 24.1 Å². The van der Waals surface area contributed by atoms with E-state index in [2.05, 4.69) is 16.3 Å². The summed E-state index contributed by atoms with van der Waals surface area (Å²) in [5, 5.41) is 2.35. The fourth-order valence-corrected chi connectivity index (χ4v) is 5.52. The molecule has 28 heavy (non-hydrogen) atoms. The summed E-state index contributed by atoms with van der Waals surface area (Å²) in [6.07, 6.45) is 3.08. The van der Waals surface area contributed by atoms with Crippen molar-refractivity contribution >= 4 is 17.7 Å². The van der Waals surface area contributed by atoms with Crippen LogP contribution in [0, 0.1) is 11.8 Å². The Balaban J connectivity index is 1.29. The molecule has 0 aromatic heterocycles. The maximum absolute atomic E-state index is 12.8. The van der Waals surface area contributed by atoms with Crippen molar-refractivity contribution in [2.24, 2.45) is 17.6 Å². The number of nitrogens with one attached hydrogen (secondary N) is 1. The smallest absolute Gasteiger partial charge is 0.255 e. The van der Waals surface area contributed by atoms with E-state index in [1.807, 2.05) is 12.1 Å². The van der Waals surface area contributed by atoms with Gasteiger partial charge in [0.1, 0.15) is 6.04 Å². The van der Waals surface area contributed by atoms with Gasteiger partial charge in [0.05, 0.1) is 0 Å². The van der Waals surface area contributed by atoms with Crippen LogP contribution >= 0.6 is 0 Å². The Morgan fingerprint density at radius 1 is 1.14 bits per heavy atom. The molecule has 3 heterocycles. The molecule has 3 aliphatic heterocycles. The van der Waals surface area contributed by atoms with Gasteiger partial charge in [0.25, 0.3) is 5.91 Å². The number of likely N-dealkylation sites (tertiary alicyclic amines) is 1. The molecule has 3 N–H and O–H groups in total. The van der Waals surface area contributed by atoms with E-state index in [1.54, 1.807) is 4.90 Å². The van der Waals surface area contributed by atoms with Gasteiger partial charge in [-0.1, -0.05) is 12.1 Å². The van der Waals surface area contributed by atoms with Crippen LogP contribution in [0.15, 0.2) is 18.2 Å². The second-order valence-corrected chi connectivity index (χ2v) is 8.85. The molecule has 1 saturated carbocycles. The maximum atomic E-state index is 12.8. The molecule has 148 valence electrons. The van der Waals surface area contributed by atoms with Crippen molar-refractivity contribution in [3.8, 4) is 0 Å². The number of carbonyl (C=O) groups excluding carboxylic acids is 3. The molecule has 0 radical (unpaired) electrons. The van der Waals surface area contributed by atoms with Crippen molar-refractivity contribution < 1.29 is 14.4 Å². The normalized spacial score (nSPS) is 32.6. The standard InChI is InChI=1S/C21H26N4O3/c22-17-7-13-6-15(17)10-24(9-13)8-12-1-2-16-14(5-12)11-25(21(16)28)18-3-4-19(26)23-20(18)27/h1-2,5,13,15,17-18H,3-4,6-11,22H2,(H,23,26,27). The van der Waals surface area contributed by atoms with Crippen LogP contribution in [0.1, 0.15) is 47.2 Å². The Morgan fingerprint density at radius 2 is 2.00 bits per heavy atom. The quantitative estimate of drug-likeness (QED) is 0.747. The van der Waals surface area contributed by atoms with Gasteiger partial charge in [0.2, 0.25) is 11.8 Å². The molecule has 5 rings (SSSR count). The molecule has 2 bridgehead atoms. The summed E-state index contributed by atoms with van der Waals surface area (Å²) in [6.45, 7) is 3.46. The van der Waals surface area contributed by atoms with Gasteiger partial charge in [-0.15, -0.1) is 0 Å². The number of imide groups is 1. The third-order valence-electron chi connectivity index (χ3n) is 6.85. The Labute approximate surface area is 164 Å². The molecular formula is C21H26N4O3. The van der Waals surface area contributed by atoms with Crippen molar-refractivity contribution in [2.45, 2.75) is 50.9 Å². The molecule has 1 aromatic rings. The first-order chi connectivity index (χ1) is 13.5.